The van der Waals surface area contributed by atoms with Crippen LogP contribution in [0.15, 0.2) is 36.7 Å². The standard InChI is InChI=1S/C24H28N4O4S/c1-14(2)32-17-6-9-25-20(12-17)28-21-11-15(3)10-18(27-21)19-13-26-23(33-19)24(31)7-4-16(5-8-24)22(29)30/h6,9-14,16,31H,4-5,7-8H2,1-3H3,(H,29,30)(H,25,27,28)/t16-,24-. The number of carboxylic acids is 1. The Labute approximate surface area is 196 Å². The number of aliphatic hydroxyl groups is 1. The Balaban J connectivity index is 1.53. The van der Waals surface area contributed by atoms with Crippen LogP contribution in [0.25, 0.3) is 10.6 Å². The number of rotatable bonds is 7. The van der Waals surface area contributed by atoms with E-state index in [0.29, 0.717) is 42.3 Å². The summed E-state index contributed by atoms with van der Waals surface area (Å²) in [5.41, 5.74) is 0.687. The summed E-state index contributed by atoms with van der Waals surface area (Å²) in [5.74, 6) is 0.821. The van der Waals surface area contributed by atoms with E-state index in [4.69, 9.17) is 9.72 Å². The fourth-order valence-corrected chi connectivity index (χ4v) is 5.00. The summed E-state index contributed by atoms with van der Waals surface area (Å²) in [6.45, 7) is 5.93. The maximum Gasteiger partial charge on any atom is 0.306 e. The fourth-order valence-electron chi connectivity index (χ4n) is 3.98. The molecule has 1 aliphatic carbocycles. The van der Waals surface area contributed by atoms with Gasteiger partial charge in [0.1, 0.15) is 28.0 Å². The average Bonchev–Trinajstić information content (AvgIpc) is 3.25. The molecule has 0 radical (unpaired) electrons. The van der Waals surface area contributed by atoms with Gasteiger partial charge < -0.3 is 20.3 Å². The van der Waals surface area contributed by atoms with Gasteiger partial charge in [-0.05, 0) is 70.2 Å². The lowest BCUT2D eigenvalue weighted by molar-refractivity contribution is -0.145. The van der Waals surface area contributed by atoms with Gasteiger partial charge in [-0.2, -0.15) is 0 Å². The smallest absolute Gasteiger partial charge is 0.306 e. The molecule has 0 unspecified atom stereocenters. The number of hydrogen-bond acceptors (Lipinski definition) is 8. The topological polar surface area (TPSA) is 117 Å². The van der Waals surface area contributed by atoms with Gasteiger partial charge >= 0.3 is 5.97 Å². The molecule has 0 aliphatic heterocycles. The van der Waals surface area contributed by atoms with Crippen LogP contribution >= 0.6 is 11.3 Å². The zero-order valence-electron chi connectivity index (χ0n) is 18.9. The molecule has 3 aromatic heterocycles. The summed E-state index contributed by atoms with van der Waals surface area (Å²) in [6, 6.07) is 7.55. The summed E-state index contributed by atoms with van der Waals surface area (Å²) in [7, 11) is 0. The van der Waals surface area contributed by atoms with Gasteiger partial charge in [0.15, 0.2) is 0 Å². The number of hydrogen-bond donors (Lipinski definition) is 3. The predicted molar refractivity (Wildman–Crippen MR) is 127 cm³/mol. The Bertz CT molecular complexity index is 1140. The number of aryl methyl sites for hydroxylation is 1. The molecular formula is C24H28N4O4S. The lowest BCUT2D eigenvalue weighted by atomic mass is 9.79. The zero-order chi connectivity index (χ0) is 23.6. The van der Waals surface area contributed by atoms with Crippen molar-refractivity contribution in [1.82, 2.24) is 15.0 Å². The number of anilines is 2. The molecule has 174 valence electrons. The van der Waals surface area contributed by atoms with E-state index in [0.717, 1.165) is 21.9 Å². The van der Waals surface area contributed by atoms with Crippen LogP contribution in [-0.2, 0) is 10.4 Å². The second kappa shape index (κ2) is 9.44. The maximum absolute atomic E-state index is 11.2. The molecule has 4 rings (SSSR count). The molecule has 0 saturated heterocycles. The van der Waals surface area contributed by atoms with Gasteiger partial charge in [-0.15, -0.1) is 11.3 Å². The number of carboxylic acid groups (broad SMARTS) is 1. The quantitative estimate of drug-likeness (QED) is 0.448. The molecule has 0 spiro atoms. The largest absolute Gasteiger partial charge is 0.491 e. The summed E-state index contributed by atoms with van der Waals surface area (Å²) in [4.78, 5) is 25.6. The van der Waals surface area contributed by atoms with Crippen LogP contribution < -0.4 is 10.1 Å². The number of thiazole rings is 1. The van der Waals surface area contributed by atoms with E-state index in [9.17, 15) is 15.0 Å². The van der Waals surface area contributed by atoms with Gasteiger partial charge in [0.2, 0.25) is 0 Å². The van der Waals surface area contributed by atoms with Crippen LogP contribution in [0.1, 0.15) is 50.1 Å². The van der Waals surface area contributed by atoms with Crippen LogP contribution in [0.2, 0.25) is 0 Å². The van der Waals surface area contributed by atoms with Crippen molar-refractivity contribution in [2.75, 3.05) is 5.32 Å². The first-order chi connectivity index (χ1) is 15.7. The van der Waals surface area contributed by atoms with E-state index in [1.54, 1.807) is 12.4 Å². The first kappa shape index (κ1) is 23.1. The average molecular weight is 469 g/mol. The van der Waals surface area contributed by atoms with Crippen molar-refractivity contribution in [3.05, 3.63) is 47.2 Å². The van der Waals surface area contributed by atoms with Crippen LogP contribution in [0, 0.1) is 12.8 Å². The highest BCUT2D eigenvalue weighted by molar-refractivity contribution is 7.15. The molecule has 0 amide bonds. The summed E-state index contributed by atoms with van der Waals surface area (Å²) in [6.07, 6.45) is 5.16. The third kappa shape index (κ3) is 5.48. The molecule has 1 saturated carbocycles. The van der Waals surface area contributed by atoms with Crippen molar-refractivity contribution in [3.63, 3.8) is 0 Å². The minimum Gasteiger partial charge on any atom is -0.491 e. The number of pyridine rings is 2. The SMILES string of the molecule is Cc1cc(Nc2cc(OC(C)C)ccn2)nc(-c2cnc([C@]3(O)CC[C@H](C(=O)O)CC3)s2)c1. The second-order valence-electron chi connectivity index (χ2n) is 8.76. The number of nitrogens with one attached hydrogen (secondary N) is 1. The van der Waals surface area contributed by atoms with Crippen LogP contribution in [0.4, 0.5) is 11.6 Å². The van der Waals surface area contributed by atoms with Gasteiger partial charge in [0, 0.05) is 18.5 Å². The molecule has 3 aromatic rings. The zero-order valence-corrected chi connectivity index (χ0v) is 19.7. The third-order valence-corrected chi connectivity index (χ3v) is 6.86. The molecule has 8 nitrogen and oxygen atoms in total. The predicted octanol–water partition coefficient (Wildman–Crippen LogP) is 4.90. The number of nitrogens with zero attached hydrogens (tertiary/aromatic N) is 3. The van der Waals surface area contributed by atoms with Crippen molar-refractivity contribution in [1.29, 1.82) is 0 Å². The van der Waals surface area contributed by atoms with Gasteiger partial charge in [0.05, 0.1) is 22.6 Å². The van der Waals surface area contributed by atoms with Crippen LogP contribution in [0.3, 0.4) is 0 Å². The van der Waals surface area contributed by atoms with Crippen molar-refractivity contribution >= 4 is 28.9 Å². The number of carbonyl (C=O) groups is 1. The van der Waals surface area contributed by atoms with Gasteiger partial charge in [-0.3, -0.25) is 4.79 Å². The van der Waals surface area contributed by atoms with E-state index >= 15 is 0 Å². The minimum absolute atomic E-state index is 0.0680. The molecular weight excluding hydrogens is 440 g/mol. The Morgan fingerprint density at radius 1 is 1.21 bits per heavy atom. The molecule has 1 fully saturated rings. The summed E-state index contributed by atoms with van der Waals surface area (Å²) < 4.78 is 5.74. The van der Waals surface area contributed by atoms with Crippen molar-refractivity contribution in [3.8, 4) is 16.3 Å². The van der Waals surface area contributed by atoms with Gasteiger partial charge in [0.25, 0.3) is 0 Å². The maximum atomic E-state index is 11.2. The first-order valence-corrected chi connectivity index (χ1v) is 11.8. The lowest BCUT2D eigenvalue weighted by Crippen LogP contribution is -2.33. The molecule has 0 bridgehead atoms. The van der Waals surface area contributed by atoms with Crippen molar-refractivity contribution < 1.29 is 19.7 Å². The summed E-state index contributed by atoms with van der Waals surface area (Å²) >= 11 is 1.40. The Morgan fingerprint density at radius 3 is 2.67 bits per heavy atom. The van der Waals surface area contributed by atoms with E-state index in [1.807, 2.05) is 45.0 Å². The fraction of sp³-hybridized carbons (Fsp3) is 0.417. The highest BCUT2D eigenvalue weighted by Crippen LogP contribution is 2.42. The molecule has 3 N–H and O–H groups in total. The molecule has 9 heteroatoms. The van der Waals surface area contributed by atoms with Gasteiger partial charge in [-0.25, -0.2) is 15.0 Å². The minimum atomic E-state index is -1.08. The van der Waals surface area contributed by atoms with Crippen LogP contribution in [-0.4, -0.2) is 37.2 Å². The normalized spacial score (nSPS) is 20.6. The van der Waals surface area contributed by atoms with E-state index < -0.39 is 17.5 Å². The third-order valence-electron chi connectivity index (χ3n) is 5.65. The second-order valence-corrected chi connectivity index (χ2v) is 9.79. The number of aromatic nitrogens is 3. The van der Waals surface area contributed by atoms with E-state index in [-0.39, 0.29) is 6.10 Å². The molecule has 0 aromatic carbocycles. The van der Waals surface area contributed by atoms with Crippen LogP contribution in [0.5, 0.6) is 5.75 Å². The summed E-state index contributed by atoms with van der Waals surface area (Å²) in [5, 5.41) is 24.2. The van der Waals surface area contributed by atoms with E-state index in [1.165, 1.54) is 11.3 Å². The molecule has 33 heavy (non-hydrogen) atoms. The lowest BCUT2D eigenvalue weighted by Gasteiger charge is -2.32. The highest BCUT2D eigenvalue weighted by Gasteiger charge is 2.39. The Morgan fingerprint density at radius 2 is 1.97 bits per heavy atom. The van der Waals surface area contributed by atoms with Crippen molar-refractivity contribution in [2.45, 2.75) is 58.2 Å². The Kier molecular flexibility index (Phi) is 6.62. The first-order valence-electron chi connectivity index (χ1n) is 11.0. The monoisotopic (exact) mass is 468 g/mol. The molecule has 3 heterocycles. The van der Waals surface area contributed by atoms with Crippen molar-refractivity contribution in [2.24, 2.45) is 5.92 Å². The van der Waals surface area contributed by atoms with E-state index in [2.05, 4.69) is 15.3 Å². The highest BCUT2D eigenvalue weighted by atomic mass is 32.1. The molecule has 1 aliphatic rings. The molecule has 0 atom stereocenters. The Hall–Kier alpha value is -3.04. The van der Waals surface area contributed by atoms with Gasteiger partial charge in [-0.1, -0.05) is 0 Å². The number of aliphatic carboxylic acids is 1. The number of ether oxygens (including phenoxy) is 1.